The quantitative estimate of drug-likeness (QED) is 0.737. The number of hydrogen-bond donors (Lipinski definition) is 2. The first kappa shape index (κ1) is 19.8. The normalized spacial score (nSPS) is 17.8. The van der Waals surface area contributed by atoms with Gasteiger partial charge < -0.3 is 15.5 Å². The summed E-state index contributed by atoms with van der Waals surface area (Å²) >= 11 is 1.84. The Kier molecular flexibility index (Phi) is 6.39. The third-order valence-corrected chi connectivity index (χ3v) is 6.72. The van der Waals surface area contributed by atoms with E-state index in [1.807, 2.05) is 34.9 Å². The van der Waals surface area contributed by atoms with Crippen LogP contribution in [0.25, 0.3) is 0 Å². The Morgan fingerprint density at radius 3 is 2.76 bits per heavy atom. The Labute approximate surface area is 176 Å². The van der Waals surface area contributed by atoms with Crippen molar-refractivity contribution in [2.45, 2.75) is 43.2 Å². The molecule has 2 aromatic rings. The summed E-state index contributed by atoms with van der Waals surface area (Å²) in [5, 5.41) is 5.99. The van der Waals surface area contributed by atoms with Crippen LogP contribution in [0.1, 0.15) is 42.0 Å². The van der Waals surface area contributed by atoms with Crippen LogP contribution in [0.2, 0.25) is 0 Å². The molecule has 0 fully saturated rings. The summed E-state index contributed by atoms with van der Waals surface area (Å²) in [7, 11) is 0. The summed E-state index contributed by atoms with van der Waals surface area (Å²) in [6.45, 7) is 1.98. The summed E-state index contributed by atoms with van der Waals surface area (Å²) in [5.41, 5.74) is 3.78. The lowest BCUT2D eigenvalue weighted by Gasteiger charge is -2.29. The highest BCUT2D eigenvalue weighted by Crippen LogP contribution is 2.35. The number of urea groups is 1. The third kappa shape index (κ3) is 4.93. The molecule has 152 valence electrons. The summed E-state index contributed by atoms with van der Waals surface area (Å²) in [6.07, 6.45) is 2.97. The number of carbonyl (C=O) groups is 2. The standard InChI is InChI=1S/C23H27N3O2S/c27-22(26-14-11-17-6-1-2-7-18(17)16-26)10-5-13-24-23(28)25-20-12-15-29-21-9-4-3-8-19(20)21/h1-4,6-9,20H,5,10-16H2,(H2,24,25,28). The first-order chi connectivity index (χ1) is 14.2. The second kappa shape index (κ2) is 9.35. The summed E-state index contributed by atoms with van der Waals surface area (Å²) < 4.78 is 0. The molecule has 0 radical (unpaired) electrons. The van der Waals surface area contributed by atoms with Crippen molar-refractivity contribution < 1.29 is 9.59 Å². The molecule has 5 nitrogen and oxygen atoms in total. The van der Waals surface area contributed by atoms with Gasteiger partial charge in [0, 0.05) is 36.7 Å². The minimum atomic E-state index is -0.156. The van der Waals surface area contributed by atoms with E-state index in [0.29, 0.717) is 25.9 Å². The maximum Gasteiger partial charge on any atom is 0.315 e. The molecule has 2 aliphatic rings. The smallest absolute Gasteiger partial charge is 0.315 e. The van der Waals surface area contributed by atoms with Crippen molar-refractivity contribution in [1.82, 2.24) is 15.5 Å². The van der Waals surface area contributed by atoms with E-state index in [0.717, 1.165) is 25.1 Å². The fourth-order valence-electron chi connectivity index (χ4n) is 4.01. The monoisotopic (exact) mass is 409 g/mol. The molecule has 0 spiro atoms. The van der Waals surface area contributed by atoms with Crippen molar-refractivity contribution >= 4 is 23.7 Å². The highest BCUT2D eigenvalue weighted by Gasteiger charge is 2.22. The molecular formula is C23H27N3O2S. The number of amides is 3. The molecule has 4 rings (SSSR count). The third-order valence-electron chi connectivity index (χ3n) is 5.60. The van der Waals surface area contributed by atoms with Crippen LogP contribution in [-0.4, -0.2) is 35.7 Å². The van der Waals surface area contributed by atoms with Gasteiger partial charge in [-0.2, -0.15) is 0 Å². The molecule has 0 saturated carbocycles. The van der Waals surface area contributed by atoms with Gasteiger partial charge in [0.05, 0.1) is 6.04 Å². The van der Waals surface area contributed by atoms with E-state index >= 15 is 0 Å². The van der Waals surface area contributed by atoms with Crippen LogP contribution in [0.3, 0.4) is 0 Å². The zero-order chi connectivity index (χ0) is 20.1. The molecule has 1 unspecified atom stereocenters. The predicted octanol–water partition coefficient (Wildman–Crippen LogP) is 3.89. The minimum Gasteiger partial charge on any atom is -0.338 e. The second-order valence-corrected chi connectivity index (χ2v) is 8.70. The van der Waals surface area contributed by atoms with Gasteiger partial charge >= 0.3 is 6.03 Å². The summed E-state index contributed by atoms with van der Waals surface area (Å²) in [5.74, 6) is 1.18. The number of nitrogens with one attached hydrogen (secondary N) is 2. The van der Waals surface area contributed by atoms with Gasteiger partial charge in [0.15, 0.2) is 0 Å². The fraction of sp³-hybridized carbons (Fsp3) is 0.391. The Hall–Kier alpha value is -2.47. The molecule has 2 aromatic carbocycles. The number of hydrogen-bond acceptors (Lipinski definition) is 3. The van der Waals surface area contributed by atoms with Gasteiger partial charge in [0.1, 0.15) is 0 Å². The molecular weight excluding hydrogens is 382 g/mol. The number of thioether (sulfide) groups is 1. The number of rotatable bonds is 5. The first-order valence-corrected chi connectivity index (χ1v) is 11.3. The maximum absolute atomic E-state index is 12.5. The predicted molar refractivity (Wildman–Crippen MR) is 116 cm³/mol. The van der Waals surface area contributed by atoms with Crippen molar-refractivity contribution in [2.75, 3.05) is 18.8 Å². The minimum absolute atomic E-state index is 0.0579. The Morgan fingerprint density at radius 1 is 1.07 bits per heavy atom. The largest absolute Gasteiger partial charge is 0.338 e. The number of benzene rings is 2. The van der Waals surface area contributed by atoms with Gasteiger partial charge in [-0.15, -0.1) is 11.8 Å². The Morgan fingerprint density at radius 2 is 1.86 bits per heavy atom. The lowest BCUT2D eigenvalue weighted by molar-refractivity contribution is -0.132. The average molecular weight is 410 g/mol. The van der Waals surface area contributed by atoms with E-state index in [-0.39, 0.29) is 18.0 Å². The molecule has 2 aliphatic heterocycles. The highest BCUT2D eigenvalue weighted by molar-refractivity contribution is 7.99. The maximum atomic E-state index is 12.5. The zero-order valence-corrected chi connectivity index (χ0v) is 17.3. The molecule has 0 aromatic heterocycles. The number of nitrogens with zero attached hydrogens (tertiary/aromatic N) is 1. The SMILES string of the molecule is O=C(NCCCC(=O)N1CCc2ccccc2C1)NC1CCSc2ccccc21. The molecule has 1 atom stereocenters. The highest BCUT2D eigenvalue weighted by atomic mass is 32.2. The Bertz CT molecular complexity index is 886. The van der Waals surface area contributed by atoms with E-state index in [9.17, 15) is 9.59 Å². The fourth-order valence-corrected chi connectivity index (χ4v) is 5.13. The molecule has 29 heavy (non-hydrogen) atoms. The zero-order valence-electron chi connectivity index (χ0n) is 16.5. The second-order valence-electron chi connectivity index (χ2n) is 7.57. The van der Waals surface area contributed by atoms with Crippen LogP contribution in [0.5, 0.6) is 0 Å². The topological polar surface area (TPSA) is 61.4 Å². The average Bonchev–Trinajstić information content (AvgIpc) is 2.76. The van der Waals surface area contributed by atoms with E-state index in [1.54, 1.807) is 0 Å². The van der Waals surface area contributed by atoms with Gasteiger partial charge in [-0.1, -0.05) is 42.5 Å². The van der Waals surface area contributed by atoms with Crippen LogP contribution in [0.15, 0.2) is 53.4 Å². The van der Waals surface area contributed by atoms with E-state index in [4.69, 9.17) is 0 Å². The summed E-state index contributed by atoms with van der Waals surface area (Å²) in [6, 6.07) is 16.5. The van der Waals surface area contributed by atoms with Crippen molar-refractivity contribution in [2.24, 2.45) is 0 Å². The molecule has 2 N–H and O–H groups in total. The van der Waals surface area contributed by atoms with Crippen LogP contribution in [0, 0.1) is 0 Å². The molecule has 0 aliphatic carbocycles. The Balaban J connectivity index is 1.18. The van der Waals surface area contributed by atoms with E-state index in [2.05, 4.69) is 41.0 Å². The van der Waals surface area contributed by atoms with E-state index in [1.165, 1.54) is 21.6 Å². The van der Waals surface area contributed by atoms with Crippen molar-refractivity contribution in [1.29, 1.82) is 0 Å². The molecule has 0 saturated heterocycles. The number of carbonyl (C=O) groups excluding carboxylic acids is 2. The van der Waals surface area contributed by atoms with Crippen LogP contribution in [0.4, 0.5) is 4.79 Å². The van der Waals surface area contributed by atoms with Gasteiger partial charge in [-0.25, -0.2) is 4.79 Å². The number of fused-ring (bicyclic) bond motifs is 2. The van der Waals surface area contributed by atoms with Gasteiger partial charge in [-0.05, 0) is 42.0 Å². The van der Waals surface area contributed by atoms with Crippen LogP contribution >= 0.6 is 11.8 Å². The van der Waals surface area contributed by atoms with Crippen LogP contribution < -0.4 is 10.6 Å². The first-order valence-electron chi connectivity index (χ1n) is 10.3. The van der Waals surface area contributed by atoms with Crippen molar-refractivity contribution in [3.63, 3.8) is 0 Å². The van der Waals surface area contributed by atoms with Gasteiger partial charge in [0.25, 0.3) is 0 Å². The van der Waals surface area contributed by atoms with Crippen molar-refractivity contribution in [3.8, 4) is 0 Å². The summed E-state index contributed by atoms with van der Waals surface area (Å²) in [4.78, 5) is 28.0. The molecule has 2 heterocycles. The molecule has 6 heteroatoms. The van der Waals surface area contributed by atoms with Crippen molar-refractivity contribution in [3.05, 3.63) is 65.2 Å². The van der Waals surface area contributed by atoms with E-state index < -0.39 is 0 Å². The molecule has 0 bridgehead atoms. The van der Waals surface area contributed by atoms with Gasteiger partial charge in [-0.3, -0.25) is 4.79 Å². The molecule has 3 amide bonds. The lowest BCUT2D eigenvalue weighted by atomic mass is 9.99. The lowest BCUT2D eigenvalue weighted by Crippen LogP contribution is -2.40. The van der Waals surface area contributed by atoms with Gasteiger partial charge in [0.2, 0.25) is 5.91 Å². The van der Waals surface area contributed by atoms with Crippen LogP contribution in [-0.2, 0) is 17.8 Å².